The second kappa shape index (κ2) is 7.64. The third kappa shape index (κ3) is 3.78. The first-order valence-corrected chi connectivity index (χ1v) is 8.90. The number of nitriles is 1. The molecule has 1 aromatic carbocycles. The molecule has 0 spiro atoms. The van der Waals surface area contributed by atoms with Crippen molar-refractivity contribution < 1.29 is 13.5 Å². The first-order chi connectivity index (χ1) is 13.6. The third-order valence-electron chi connectivity index (χ3n) is 4.66. The number of hydrogen-bond donors (Lipinski definition) is 1. The van der Waals surface area contributed by atoms with Crippen LogP contribution in [-0.4, -0.2) is 14.8 Å². The van der Waals surface area contributed by atoms with E-state index in [1.165, 1.54) is 6.20 Å². The van der Waals surface area contributed by atoms with Crippen molar-refractivity contribution in [1.82, 2.24) is 14.8 Å². The Morgan fingerprint density at radius 1 is 1.21 bits per heavy atom. The molecule has 8 heteroatoms. The minimum absolute atomic E-state index is 0.160. The monoisotopic (exact) mass is 381 g/mol. The van der Waals surface area contributed by atoms with Gasteiger partial charge in [0.15, 0.2) is 5.75 Å². The summed E-state index contributed by atoms with van der Waals surface area (Å²) >= 11 is 0. The van der Waals surface area contributed by atoms with E-state index in [0.717, 1.165) is 24.9 Å². The van der Waals surface area contributed by atoms with Crippen LogP contribution in [0.5, 0.6) is 11.5 Å². The lowest BCUT2D eigenvalue weighted by Gasteiger charge is -2.24. The second-order valence-corrected chi connectivity index (χ2v) is 6.56. The molecule has 0 aliphatic heterocycles. The maximum Gasteiger partial charge on any atom is 0.333 e. The Morgan fingerprint density at radius 3 is 2.64 bits per heavy atom. The number of nitrogens with zero attached hydrogens (tertiary/aromatic N) is 4. The van der Waals surface area contributed by atoms with Crippen molar-refractivity contribution >= 4 is 11.5 Å². The van der Waals surface area contributed by atoms with Crippen LogP contribution in [0, 0.1) is 11.3 Å². The maximum absolute atomic E-state index is 13.0. The topological polar surface area (TPSA) is 75.8 Å². The number of ether oxygens (including phenoxy) is 1. The lowest BCUT2D eigenvalue weighted by molar-refractivity contribution is 0.0556. The van der Waals surface area contributed by atoms with Crippen molar-refractivity contribution in [3.63, 3.8) is 0 Å². The second-order valence-electron chi connectivity index (χ2n) is 6.56. The van der Waals surface area contributed by atoms with E-state index in [2.05, 4.69) is 21.5 Å². The largest absolute Gasteiger partial charge is 0.454 e. The lowest BCUT2D eigenvalue weighted by atomic mass is 9.83. The van der Waals surface area contributed by atoms with Crippen LogP contribution in [-0.2, 0) is 0 Å². The highest BCUT2D eigenvalue weighted by atomic mass is 19.3. The van der Waals surface area contributed by atoms with Gasteiger partial charge < -0.3 is 10.1 Å². The van der Waals surface area contributed by atoms with Gasteiger partial charge in [0.05, 0.1) is 17.8 Å². The maximum atomic E-state index is 13.0. The van der Waals surface area contributed by atoms with E-state index in [-0.39, 0.29) is 5.92 Å². The Morgan fingerprint density at radius 2 is 2.00 bits per heavy atom. The number of aromatic nitrogens is 3. The molecule has 28 heavy (non-hydrogen) atoms. The molecule has 1 aliphatic rings. The Bertz CT molecular complexity index is 1010. The molecule has 1 saturated carbocycles. The molecule has 0 atom stereocenters. The van der Waals surface area contributed by atoms with Crippen molar-refractivity contribution in [2.24, 2.45) is 0 Å². The molecule has 4 rings (SSSR count). The standard InChI is InChI=1S/C20H17F2N5O/c21-20(22)27-12-17(19(26-27)14-2-1-3-14)28-16-8-9-24-18(10-16)25-15-6-4-13(11-23)5-7-15/h4-10,12,14,20H,1-3H2,(H,24,25). The Labute approximate surface area is 160 Å². The summed E-state index contributed by atoms with van der Waals surface area (Å²) in [6.45, 7) is -2.71. The Kier molecular flexibility index (Phi) is 4.89. The average Bonchev–Trinajstić information content (AvgIpc) is 3.05. The molecule has 2 aromatic heterocycles. The molecule has 1 fully saturated rings. The smallest absolute Gasteiger partial charge is 0.333 e. The van der Waals surface area contributed by atoms with Gasteiger partial charge in [-0.2, -0.15) is 19.1 Å². The van der Waals surface area contributed by atoms with E-state index in [4.69, 9.17) is 10.00 Å². The minimum Gasteiger partial charge on any atom is -0.454 e. The van der Waals surface area contributed by atoms with Gasteiger partial charge in [-0.25, -0.2) is 9.67 Å². The van der Waals surface area contributed by atoms with Crippen LogP contribution in [0.4, 0.5) is 20.3 Å². The van der Waals surface area contributed by atoms with Gasteiger partial charge in [-0.05, 0) is 43.2 Å². The van der Waals surface area contributed by atoms with Crippen LogP contribution in [0.15, 0.2) is 48.8 Å². The molecular formula is C20H17F2N5O. The van der Waals surface area contributed by atoms with E-state index >= 15 is 0 Å². The van der Waals surface area contributed by atoms with Gasteiger partial charge in [0.2, 0.25) is 0 Å². The normalized spacial score (nSPS) is 13.8. The van der Waals surface area contributed by atoms with Gasteiger partial charge in [0.25, 0.3) is 0 Å². The summed E-state index contributed by atoms with van der Waals surface area (Å²) in [5.41, 5.74) is 1.91. The van der Waals surface area contributed by atoms with Gasteiger partial charge in [0.1, 0.15) is 17.3 Å². The molecule has 1 N–H and O–H groups in total. The van der Waals surface area contributed by atoms with Crippen LogP contribution in [0.25, 0.3) is 0 Å². The number of anilines is 2. The summed E-state index contributed by atoms with van der Waals surface area (Å²) in [5, 5.41) is 16.0. The summed E-state index contributed by atoms with van der Waals surface area (Å²) in [4.78, 5) is 4.24. The zero-order chi connectivity index (χ0) is 19.5. The number of alkyl halides is 2. The van der Waals surface area contributed by atoms with Crippen molar-refractivity contribution in [2.45, 2.75) is 31.7 Å². The minimum atomic E-state index is -2.71. The fourth-order valence-electron chi connectivity index (χ4n) is 2.98. The Hall–Kier alpha value is -3.47. The molecule has 0 saturated heterocycles. The van der Waals surface area contributed by atoms with Crippen molar-refractivity contribution in [3.8, 4) is 17.6 Å². The van der Waals surface area contributed by atoms with Gasteiger partial charge in [-0.3, -0.25) is 0 Å². The van der Waals surface area contributed by atoms with Crippen molar-refractivity contribution in [3.05, 3.63) is 60.0 Å². The first-order valence-electron chi connectivity index (χ1n) is 8.90. The van der Waals surface area contributed by atoms with Crippen LogP contribution in [0.2, 0.25) is 0 Å². The summed E-state index contributed by atoms with van der Waals surface area (Å²) in [5.74, 6) is 1.52. The van der Waals surface area contributed by atoms with Crippen LogP contribution in [0.3, 0.4) is 0 Å². The molecule has 0 radical (unpaired) electrons. The molecule has 2 heterocycles. The zero-order valence-electron chi connectivity index (χ0n) is 14.8. The summed E-state index contributed by atoms with van der Waals surface area (Å²) in [7, 11) is 0. The van der Waals surface area contributed by atoms with E-state index in [1.54, 1.807) is 42.6 Å². The fourth-order valence-corrected chi connectivity index (χ4v) is 2.98. The molecule has 0 amide bonds. The molecule has 0 bridgehead atoms. The third-order valence-corrected chi connectivity index (χ3v) is 4.66. The van der Waals surface area contributed by atoms with Gasteiger partial charge >= 0.3 is 6.55 Å². The highest BCUT2D eigenvalue weighted by molar-refractivity contribution is 5.58. The van der Waals surface area contributed by atoms with Crippen molar-refractivity contribution in [2.75, 3.05) is 5.32 Å². The summed E-state index contributed by atoms with van der Waals surface area (Å²) < 4.78 is 32.6. The predicted octanol–water partition coefficient (Wildman–Crippen LogP) is 5.35. The highest BCUT2D eigenvalue weighted by Gasteiger charge is 2.28. The van der Waals surface area contributed by atoms with Gasteiger partial charge in [-0.15, -0.1) is 0 Å². The van der Waals surface area contributed by atoms with Crippen LogP contribution >= 0.6 is 0 Å². The van der Waals surface area contributed by atoms with E-state index in [1.807, 2.05) is 0 Å². The SMILES string of the molecule is N#Cc1ccc(Nc2cc(Oc3cn(C(F)F)nc3C3CCC3)ccn2)cc1. The number of benzene rings is 1. The van der Waals surface area contributed by atoms with Gasteiger partial charge in [-0.1, -0.05) is 6.42 Å². The lowest BCUT2D eigenvalue weighted by Crippen LogP contribution is -2.11. The van der Waals surface area contributed by atoms with Gasteiger partial charge in [0, 0.05) is 23.9 Å². The number of halogens is 2. The summed E-state index contributed by atoms with van der Waals surface area (Å²) in [6, 6.07) is 12.4. The number of hydrogen-bond acceptors (Lipinski definition) is 5. The first kappa shape index (κ1) is 17.9. The molecule has 0 unspecified atom stereocenters. The summed E-state index contributed by atoms with van der Waals surface area (Å²) in [6.07, 6.45) is 5.74. The number of nitrogens with one attached hydrogen (secondary N) is 1. The van der Waals surface area contributed by atoms with Crippen LogP contribution < -0.4 is 10.1 Å². The molecule has 1 aliphatic carbocycles. The molecule has 142 valence electrons. The van der Waals surface area contributed by atoms with E-state index < -0.39 is 6.55 Å². The molecule has 6 nitrogen and oxygen atoms in total. The molecule has 3 aromatic rings. The van der Waals surface area contributed by atoms with Crippen LogP contribution in [0.1, 0.15) is 43.0 Å². The number of rotatable bonds is 6. The Balaban J connectivity index is 1.54. The van der Waals surface area contributed by atoms with E-state index in [0.29, 0.717) is 33.3 Å². The van der Waals surface area contributed by atoms with E-state index in [9.17, 15) is 8.78 Å². The zero-order valence-corrected chi connectivity index (χ0v) is 14.8. The number of pyridine rings is 1. The predicted molar refractivity (Wildman–Crippen MR) is 98.8 cm³/mol. The van der Waals surface area contributed by atoms with Crippen molar-refractivity contribution in [1.29, 1.82) is 5.26 Å². The average molecular weight is 381 g/mol. The highest BCUT2D eigenvalue weighted by Crippen LogP contribution is 2.41. The molecular weight excluding hydrogens is 364 g/mol. The fraction of sp³-hybridized carbons (Fsp3) is 0.250. The quantitative estimate of drug-likeness (QED) is 0.623.